The first kappa shape index (κ1) is 16.0. The summed E-state index contributed by atoms with van der Waals surface area (Å²) in [5.74, 6) is 3.84. The molecule has 1 amide bonds. The van der Waals surface area contributed by atoms with E-state index in [1.165, 1.54) is 0 Å². The number of terminal acetylenes is 1. The van der Waals surface area contributed by atoms with Gasteiger partial charge in [0, 0.05) is 23.9 Å². The van der Waals surface area contributed by atoms with Crippen molar-refractivity contribution >= 4 is 22.6 Å². The van der Waals surface area contributed by atoms with Gasteiger partial charge in [0.25, 0.3) is 0 Å². The van der Waals surface area contributed by atoms with E-state index in [1.807, 2.05) is 42.5 Å². The zero-order chi connectivity index (χ0) is 17.2. The number of ether oxygens (including phenoxy) is 1. The zero-order valence-electron chi connectivity index (χ0n) is 14.2. The molecule has 25 heavy (non-hydrogen) atoms. The Morgan fingerprint density at radius 2 is 2.12 bits per heavy atom. The number of nitrogens with zero attached hydrogens (tertiary/aromatic N) is 1. The number of benzene rings is 2. The van der Waals surface area contributed by atoms with Crippen LogP contribution in [-0.4, -0.2) is 36.7 Å². The average molecular weight is 334 g/mol. The molecule has 3 fully saturated rings. The number of carbonyl (C=O) groups excluding carboxylic acids is 1. The number of piperidine rings is 3. The smallest absolute Gasteiger partial charge is 0.411 e. The third-order valence-corrected chi connectivity index (χ3v) is 5.53. The Hall–Kier alpha value is -2.51. The van der Waals surface area contributed by atoms with Crippen molar-refractivity contribution in [1.29, 1.82) is 0 Å². The Bertz CT molecular complexity index is 821. The van der Waals surface area contributed by atoms with Crippen molar-refractivity contribution in [2.45, 2.75) is 18.9 Å². The first-order valence-corrected chi connectivity index (χ1v) is 8.86. The van der Waals surface area contributed by atoms with Crippen molar-refractivity contribution in [2.75, 3.05) is 25.0 Å². The number of rotatable bonds is 3. The molecule has 4 heteroatoms. The maximum absolute atomic E-state index is 12.2. The second-order valence-electron chi connectivity index (χ2n) is 6.96. The number of hydrogen-bond donors (Lipinski definition) is 1. The van der Waals surface area contributed by atoms with Crippen LogP contribution >= 0.6 is 0 Å². The van der Waals surface area contributed by atoms with Crippen LogP contribution in [0, 0.1) is 24.2 Å². The first-order chi connectivity index (χ1) is 12.2. The van der Waals surface area contributed by atoms with E-state index in [9.17, 15) is 4.79 Å². The molecular formula is C21H22N2O2. The quantitative estimate of drug-likeness (QED) is 0.870. The van der Waals surface area contributed by atoms with Crippen molar-refractivity contribution in [3.8, 4) is 12.3 Å². The van der Waals surface area contributed by atoms with Crippen LogP contribution in [0.1, 0.15) is 12.8 Å². The van der Waals surface area contributed by atoms with Crippen LogP contribution in [0.3, 0.4) is 0 Å². The van der Waals surface area contributed by atoms with Crippen molar-refractivity contribution < 1.29 is 9.53 Å². The molecule has 0 saturated carbocycles. The van der Waals surface area contributed by atoms with Crippen LogP contribution < -0.4 is 5.32 Å². The molecule has 2 aromatic carbocycles. The van der Waals surface area contributed by atoms with Crippen LogP contribution in [0.25, 0.3) is 10.8 Å². The summed E-state index contributed by atoms with van der Waals surface area (Å²) in [6.45, 7) is 2.41. The van der Waals surface area contributed by atoms with Crippen molar-refractivity contribution in [1.82, 2.24) is 4.90 Å². The van der Waals surface area contributed by atoms with Gasteiger partial charge >= 0.3 is 6.09 Å². The first-order valence-electron chi connectivity index (χ1n) is 8.86. The largest absolute Gasteiger partial charge is 0.448 e. The molecule has 128 valence electrons. The molecule has 4 nitrogen and oxygen atoms in total. The molecule has 5 rings (SSSR count). The predicted molar refractivity (Wildman–Crippen MR) is 99.3 cm³/mol. The van der Waals surface area contributed by atoms with Gasteiger partial charge in [0.15, 0.2) is 0 Å². The summed E-state index contributed by atoms with van der Waals surface area (Å²) in [5, 5.41) is 4.98. The van der Waals surface area contributed by atoms with Gasteiger partial charge in [-0.25, -0.2) is 4.79 Å². The molecule has 1 N–H and O–H groups in total. The summed E-state index contributed by atoms with van der Waals surface area (Å²) in [5.41, 5.74) is 0.779. The minimum Gasteiger partial charge on any atom is -0.448 e. The lowest BCUT2D eigenvalue weighted by atomic mass is 9.76. The van der Waals surface area contributed by atoms with Gasteiger partial charge in [-0.3, -0.25) is 10.2 Å². The van der Waals surface area contributed by atoms with Gasteiger partial charge in [0.1, 0.15) is 6.61 Å². The Balaban J connectivity index is 1.36. The van der Waals surface area contributed by atoms with Gasteiger partial charge < -0.3 is 4.74 Å². The van der Waals surface area contributed by atoms with Crippen LogP contribution in [0.4, 0.5) is 10.5 Å². The summed E-state index contributed by atoms with van der Waals surface area (Å²) in [7, 11) is 0. The number of anilines is 1. The molecule has 0 radical (unpaired) electrons. The topological polar surface area (TPSA) is 41.6 Å². The average Bonchev–Trinajstić information content (AvgIpc) is 2.67. The van der Waals surface area contributed by atoms with Gasteiger partial charge in [0.2, 0.25) is 0 Å². The molecule has 2 bridgehead atoms. The van der Waals surface area contributed by atoms with E-state index in [2.05, 4.69) is 16.1 Å². The van der Waals surface area contributed by atoms with Gasteiger partial charge in [0.05, 0.1) is 5.69 Å². The SMILES string of the molecule is C#CC1CN2CCC1CC2COC(=O)Nc1cccc2ccccc12. The molecule has 0 aliphatic carbocycles. The van der Waals surface area contributed by atoms with Crippen molar-refractivity contribution in [3.63, 3.8) is 0 Å². The predicted octanol–water partition coefficient (Wildman–Crippen LogP) is 3.73. The van der Waals surface area contributed by atoms with Crippen molar-refractivity contribution in [2.24, 2.45) is 11.8 Å². The highest BCUT2D eigenvalue weighted by atomic mass is 16.5. The van der Waals surface area contributed by atoms with Crippen LogP contribution in [0.2, 0.25) is 0 Å². The second kappa shape index (κ2) is 6.78. The van der Waals surface area contributed by atoms with Crippen LogP contribution in [0.15, 0.2) is 42.5 Å². The number of carbonyl (C=O) groups is 1. The van der Waals surface area contributed by atoms with E-state index >= 15 is 0 Å². The summed E-state index contributed by atoms with van der Waals surface area (Å²) >= 11 is 0. The Labute approximate surface area is 148 Å². The molecular weight excluding hydrogens is 312 g/mol. The highest BCUT2D eigenvalue weighted by Gasteiger charge is 2.39. The number of nitrogens with one attached hydrogen (secondary N) is 1. The minimum absolute atomic E-state index is 0.293. The van der Waals surface area contributed by atoms with Gasteiger partial charge in [-0.05, 0) is 36.8 Å². The Morgan fingerprint density at radius 3 is 2.92 bits per heavy atom. The Kier molecular flexibility index (Phi) is 4.33. The van der Waals surface area contributed by atoms with Gasteiger partial charge in [-0.2, -0.15) is 0 Å². The fourth-order valence-electron chi connectivity index (χ4n) is 4.15. The number of hydrogen-bond acceptors (Lipinski definition) is 3. The molecule has 2 aromatic rings. The standard InChI is InChI=1S/C21H22N2O2/c1-2-15-13-23-11-10-17(15)12-18(23)14-25-21(24)22-20-9-5-7-16-6-3-4-8-19(16)20/h1,3-9,15,17-18H,10-14H2,(H,22,24). The number of fused-ring (bicyclic) bond motifs is 4. The fraction of sp³-hybridized carbons (Fsp3) is 0.381. The van der Waals surface area contributed by atoms with E-state index < -0.39 is 6.09 Å². The van der Waals surface area contributed by atoms with E-state index in [0.717, 1.165) is 42.4 Å². The molecule has 3 saturated heterocycles. The molecule has 3 aliphatic heterocycles. The number of amides is 1. The maximum atomic E-state index is 12.2. The Morgan fingerprint density at radius 1 is 1.28 bits per heavy atom. The minimum atomic E-state index is -0.396. The van der Waals surface area contributed by atoms with E-state index in [1.54, 1.807) is 0 Å². The molecule has 3 aliphatic rings. The van der Waals surface area contributed by atoms with E-state index in [4.69, 9.17) is 11.2 Å². The lowest BCUT2D eigenvalue weighted by Gasteiger charge is -2.48. The van der Waals surface area contributed by atoms with Crippen LogP contribution in [0.5, 0.6) is 0 Å². The summed E-state index contributed by atoms with van der Waals surface area (Å²) in [6, 6.07) is 14.1. The maximum Gasteiger partial charge on any atom is 0.411 e. The summed E-state index contributed by atoms with van der Waals surface area (Å²) in [4.78, 5) is 14.6. The van der Waals surface area contributed by atoms with Crippen molar-refractivity contribution in [3.05, 3.63) is 42.5 Å². The third kappa shape index (κ3) is 3.20. The summed E-state index contributed by atoms with van der Waals surface area (Å²) < 4.78 is 5.51. The van der Waals surface area contributed by atoms with E-state index in [-0.39, 0.29) is 0 Å². The van der Waals surface area contributed by atoms with E-state index in [0.29, 0.717) is 24.5 Å². The lowest BCUT2D eigenvalue weighted by Crippen LogP contribution is -2.54. The zero-order valence-corrected chi connectivity index (χ0v) is 14.2. The molecule has 4 unspecified atom stereocenters. The molecule has 4 atom stereocenters. The molecule has 3 heterocycles. The lowest BCUT2D eigenvalue weighted by molar-refractivity contribution is -0.00665. The second-order valence-corrected chi connectivity index (χ2v) is 6.96. The van der Waals surface area contributed by atoms with Gasteiger partial charge in [-0.1, -0.05) is 36.4 Å². The molecule has 0 aromatic heterocycles. The third-order valence-electron chi connectivity index (χ3n) is 5.53. The van der Waals surface area contributed by atoms with Crippen LogP contribution in [-0.2, 0) is 4.74 Å². The molecule has 0 spiro atoms. The monoisotopic (exact) mass is 334 g/mol. The summed E-state index contributed by atoms with van der Waals surface area (Å²) in [6.07, 6.45) is 7.41. The highest BCUT2D eigenvalue weighted by Crippen LogP contribution is 2.36. The highest BCUT2D eigenvalue weighted by molar-refractivity contribution is 6.00. The fourth-order valence-corrected chi connectivity index (χ4v) is 4.15. The van der Waals surface area contributed by atoms with Gasteiger partial charge in [-0.15, -0.1) is 12.3 Å². The normalized spacial score (nSPS) is 27.6.